The third-order valence-corrected chi connectivity index (χ3v) is 6.58. The zero-order chi connectivity index (χ0) is 25.8. The lowest BCUT2D eigenvalue weighted by molar-refractivity contribution is -0.133. The van der Waals surface area contributed by atoms with Gasteiger partial charge in [0.1, 0.15) is 22.9 Å². The molecule has 0 saturated carbocycles. The molecule has 186 valence electrons. The molecule has 0 aliphatic heterocycles. The predicted molar refractivity (Wildman–Crippen MR) is 142 cm³/mol. The molecule has 5 rings (SSSR count). The number of aliphatic hydroxyl groups excluding tert-OH is 1. The molecule has 0 bridgehead atoms. The molecule has 5 aromatic rings. The molecule has 37 heavy (non-hydrogen) atoms. The Bertz CT molecular complexity index is 1540. The van der Waals surface area contributed by atoms with Crippen LogP contribution in [-0.4, -0.2) is 55.8 Å². The minimum atomic E-state index is -0.696. The van der Waals surface area contributed by atoms with Crippen LogP contribution in [0.5, 0.6) is 5.75 Å². The molecule has 0 amide bonds. The number of methoxy groups -OCH3 is 2. The first kappa shape index (κ1) is 24.1. The van der Waals surface area contributed by atoms with E-state index in [0.29, 0.717) is 16.5 Å². The fraction of sp³-hybridized carbons (Fsp3) is 0.111. The van der Waals surface area contributed by atoms with E-state index in [4.69, 9.17) is 9.47 Å². The number of aromatic nitrogens is 5. The van der Waals surface area contributed by atoms with Gasteiger partial charge in [-0.15, -0.1) is 10.2 Å². The summed E-state index contributed by atoms with van der Waals surface area (Å²) in [4.78, 5) is 20.2. The average Bonchev–Trinajstić information content (AvgIpc) is 3.56. The zero-order valence-corrected chi connectivity index (χ0v) is 20.9. The molecule has 0 radical (unpaired) electrons. The highest BCUT2D eigenvalue weighted by molar-refractivity contribution is 7.99. The van der Waals surface area contributed by atoms with Gasteiger partial charge in [-0.1, -0.05) is 54.2 Å². The Morgan fingerprint density at radius 2 is 1.70 bits per heavy atom. The van der Waals surface area contributed by atoms with Crippen molar-refractivity contribution in [2.24, 2.45) is 0 Å². The summed E-state index contributed by atoms with van der Waals surface area (Å²) < 4.78 is 12.1. The molecular formula is C27H23N5O4S. The first-order valence-corrected chi connectivity index (χ1v) is 12.3. The van der Waals surface area contributed by atoms with Crippen LogP contribution in [0.15, 0.2) is 89.8 Å². The third kappa shape index (κ3) is 4.91. The number of rotatable bonds is 8. The maximum Gasteiger partial charge on any atom is 0.345 e. The fourth-order valence-corrected chi connectivity index (χ4v) is 4.66. The smallest absolute Gasteiger partial charge is 0.345 e. The number of imidazole rings is 1. The molecule has 0 fully saturated rings. The summed E-state index contributed by atoms with van der Waals surface area (Å²) in [5.74, 6) is 0.737. The van der Waals surface area contributed by atoms with Crippen molar-refractivity contribution in [2.45, 2.75) is 5.16 Å². The SMILES string of the molecule is COC(=O)/C(=C(/O)CSc1nnc(-c2ccccc2)n1-c1ccc(OC)cc1)c1nc2ccccc2[nH]1. The lowest BCUT2D eigenvalue weighted by Gasteiger charge is -2.12. The largest absolute Gasteiger partial charge is 0.510 e. The van der Waals surface area contributed by atoms with Crippen LogP contribution in [0, 0.1) is 0 Å². The first-order valence-electron chi connectivity index (χ1n) is 11.3. The number of ether oxygens (including phenoxy) is 2. The van der Waals surface area contributed by atoms with Crippen LogP contribution in [0.25, 0.3) is 33.7 Å². The van der Waals surface area contributed by atoms with Crippen LogP contribution in [0.2, 0.25) is 0 Å². The summed E-state index contributed by atoms with van der Waals surface area (Å²) >= 11 is 1.23. The average molecular weight is 514 g/mol. The molecule has 2 N–H and O–H groups in total. The van der Waals surface area contributed by atoms with Crippen LogP contribution < -0.4 is 4.74 Å². The van der Waals surface area contributed by atoms with E-state index in [2.05, 4.69) is 20.2 Å². The lowest BCUT2D eigenvalue weighted by atomic mass is 10.2. The normalized spacial score (nSPS) is 11.8. The number of aliphatic hydroxyl groups is 1. The standard InChI is InChI=1S/C27H23N5O4S/c1-35-19-14-12-18(13-15-19)32-25(17-8-4-3-5-9-17)30-31-27(32)37-16-22(33)23(26(34)36-2)24-28-20-10-6-7-11-21(20)29-24/h3-15,33H,16H2,1-2H3,(H,28,29)/b23-22+. The van der Waals surface area contributed by atoms with Gasteiger partial charge in [-0.25, -0.2) is 9.78 Å². The van der Waals surface area contributed by atoms with Crippen molar-refractivity contribution in [3.63, 3.8) is 0 Å². The summed E-state index contributed by atoms with van der Waals surface area (Å²) in [5.41, 5.74) is 3.08. The molecule has 0 unspecified atom stereocenters. The molecule has 0 aliphatic carbocycles. The van der Waals surface area contributed by atoms with Crippen molar-refractivity contribution >= 4 is 34.3 Å². The fourth-order valence-electron chi connectivity index (χ4n) is 3.83. The van der Waals surface area contributed by atoms with E-state index in [1.807, 2.05) is 83.4 Å². The van der Waals surface area contributed by atoms with Gasteiger partial charge in [0.2, 0.25) is 0 Å². The van der Waals surface area contributed by atoms with Crippen molar-refractivity contribution in [1.29, 1.82) is 0 Å². The van der Waals surface area contributed by atoms with E-state index in [1.54, 1.807) is 7.11 Å². The van der Waals surface area contributed by atoms with Gasteiger partial charge in [-0.3, -0.25) is 4.57 Å². The van der Waals surface area contributed by atoms with Gasteiger partial charge >= 0.3 is 5.97 Å². The van der Waals surface area contributed by atoms with Crippen molar-refractivity contribution in [3.05, 3.63) is 90.4 Å². The molecule has 3 aromatic carbocycles. The Hall–Kier alpha value is -4.57. The van der Waals surface area contributed by atoms with Crippen LogP contribution in [0.3, 0.4) is 0 Å². The van der Waals surface area contributed by atoms with Crippen LogP contribution in [-0.2, 0) is 9.53 Å². The Morgan fingerprint density at radius 3 is 2.41 bits per heavy atom. The minimum absolute atomic E-state index is 0.0323. The molecule has 9 nitrogen and oxygen atoms in total. The number of para-hydroxylation sites is 2. The van der Waals surface area contributed by atoms with Gasteiger partial charge in [-0.2, -0.15) is 0 Å². The number of hydrogen-bond acceptors (Lipinski definition) is 8. The van der Waals surface area contributed by atoms with E-state index >= 15 is 0 Å². The number of benzene rings is 3. The zero-order valence-electron chi connectivity index (χ0n) is 20.1. The van der Waals surface area contributed by atoms with Crippen LogP contribution in [0.1, 0.15) is 5.82 Å². The van der Waals surface area contributed by atoms with E-state index in [0.717, 1.165) is 22.5 Å². The highest BCUT2D eigenvalue weighted by Crippen LogP contribution is 2.31. The predicted octanol–water partition coefficient (Wildman–Crippen LogP) is 5.05. The number of nitrogens with zero attached hydrogens (tertiary/aromatic N) is 4. The monoisotopic (exact) mass is 513 g/mol. The Kier molecular flexibility index (Phi) is 6.91. The third-order valence-electron chi connectivity index (χ3n) is 5.64. The maximum atomic E-state index is 12.6. The molecule has 10 heteroatoms. The number of carbonyl (C=O) groups excluding carboxylic acids is 1. The summed E-state index contributed by atoms with van der Waals surface area (Å²) in [6.07, 6.45) is 0. The summed E-state index contributed by atoms with van der Waals surface area (Å²) in [6, 6.07) is 24.6. The van der Waals surface area contributed by atoms with Crippen LogP contribution in [0.4, 0.5) is 0 Å². The lowest BCUT2D eigenvalue weighted by Crippen LogP contribution is -2.10. The van der Waals surface area contributed by atoms with Gasteiger partial charge in [0, 0.05) is 11.3 Å². The quantitative estimate of drug-likeness (QED) is 0.128. The van der Waals surface area contributed by atoms with Crippen molar-refractivity contribution in [1.82, 2.24) is 24.7 Å². The van der Waals surface area contributed by atoms with Crippen LogP contribution >= 0.6 is 11.8 Å². The number of carbonyl (C=O) groups is 1. The number of nitrogens with one attached hydrogen (secondary N) is 1. The van der Waals surface area contributed by atoms with E-state index in [1.165, 1.54) is 18.9 Å². The second kappa shape index (κ2) is 10.6. The summed E-state index contributed by atoms with van der Waals surface area (Å²) in [5, 5.41) is 20.4. The number of H-pyrrole nitrogens is 1. The molecule has 0 saturated heterocycles. The highest BCUT2D eigenvalue weighted by atomic mass is 32.2. The Labute approximate surface area is 216 Å². The number of hydrogen-bond donors (Lipinski definition) is 2. The second-order valence-corrected chi connectivity index (χ2v) is 8.85. The number of aromatic amines is 1. The first-order chi connectivity index (χ1) is 18.1. The van der Waals surface area contributed by atoms with Gasteiger partial charge in [0.25, 0.3) is 0 Å². The molecule has 2 aromatic heterocycles. The molecule has 0 atom stereocenters. The molecule has 0 spiro atoms. The van der Waals surface area contributed by atoms with Gasteiger partial charge < -0.3 is 19.6 Å². The van der Waals surface area contributed by atoms with Crippen molar-refractivity contribution < 1.29 is 19.4 Å². The molecule has 2 heterocycles. The van der Waals surface area contributed by atoms with E-state index in [9.17, 15) is 9.90 Å². The number of esters is 1. The van der Waals surface area contributed by atoms with Gasteiger partial charge in [0.05, 0.1) is 31.0 Å². The second-order valence-electron chi connectivity index (χ2n) is 7.91. The van der Waals surface area contributed by atoms with Crippen molar-refractivity contribution in [3.8, 4) is 22.8 Å². The van der Waals surface area contributed by atoms with Gasteiger partial charge in [0.15, 0.2) is 11.0 Å². The van der Waals surface area contributed by atoms with Gasteiger partial charge in [-0.05, 0) is 36.4 Å². The molecular weight excluding hydrogens is 490 g/mol. The minimum Gasteiger partial charge on any atom is -0.510 e. The van der Waals surface area contributed by atoms with E-state index in [-0.39, 0.29) is 22.9 Å². The summed E-state index contributed by atoms with van der Waals surface area (Å²) in [7, 11) is 2.87. The highest BCUT2D eigenvalue weighted by Gasteiger charge is 2.23. The van der Waals surface area contributed by atoms with E-state index < -0.39 is 5.97 Å². The Balaban J connectivity index is 1.52. The molecule has 0 aliphatic rings. The van der Waals surface area contributed by atoms with Crippen molar-refractivity contribution in [2.75, 3.05) is 20.0 Å². The number of thioether (sulfide) groups is 1. The number of fused-ring (bicyclic) bond motifs is 1. The topological polar surface area (TPSA) is 115 Å². The summed E-state index contributed by atoms with van der Waals surface area (Å²) in [6.45, 7) is 0. The Morgan fingerprint density at radius 1 is 0.973 bits per heavy atom. The maximum absolute atomic E-state index is 12.6.